The summed E-state index contributed by atoms with van der Waals surface area (Å²) in [5.74, 6) is 2.37. The van der Waals surface area contributed by atoms with Crippen LogP contribution in [0.3, 0.4) is 0 Å². The van der Waals surface area contributed by atoms with Gasteiger partial charge in [-0.3, -0.25) is 0 Å². The molecule has 1 aliphatic rings. The van der Waals surface area contributed by atoms with Gasteiger partial charge in [-0.1, -0.05) is 18.2 Å². The van der Waals surface area contributed by atoms with Crippen molar-refractivity contribution in [1.29, 1.82) is 0 Å². The first kappa shape index (κ1) is 20.6. The second kappa shape index (κ2) is 11.2. The molecule has 0 spiro atoms. The minimum atomic E-state index is 0. The lowest BCUT2D eigenvalue weighted by Crippen LogP contribution is -2.42. The zero-order valence-electron chi connectivity index (χ0n) is 14.7. The average molecular weight is 445 g/mol. The van der Waals surface area contributed by atoms with Gasteiger partial charge in [-0.15, -0.1) is 24.0 Å². The first-order valence-electron chi connectivity index (χ1n) is 8.26. The zero-order valence-corrected chi connectivity index (χ0v) is 17.0. The van der Waals surface area contributed by atoms with Crippen LogP contribution >= 0.6 is 24.0 Å². The van der Waals surface area contributed by atoms with Gasteiger partial charge in [0, 0.05) is 12.6 Å². The quantitative estimate of drug-likeness (QED) is 0.292. The van der Waals surface area contributed by atoms with E-state index in [1.807, 2.05) is 25.1 Å². The number of nitrogens with one attached hydrogen (secondary N) is 2. The highest BCUT2D eigenvalue weighted by Gasteiger charge is 2.11. The van der Waals surface area contributed by atoms with Crippen molar-refractivity contribution in [3.8, 4) is 11.5 Å². The van der Waals surface area contributed by atoms with Gasteiger partial charge < -0.3 is 20.1 Å². The van der Waals surface area contributed by atoms with E-state index in [9.17, 15) is 0 Å². The molecule has 0 amide bonds. The van der Waals surface area contributed by atoms with Crippen molar-refractivity contribution in [2.45, 2.75) is 39.3 Å². The number of hydrogen-bond acceptors (Lipinski definition) is 3. The third-order valence-corrected chi connectivity index (χ3v) is 3.64. The third kappa shape index (κ3) is 6.22. The van der Waals surface area contributed by atoms with Gasteiger partial charge >= 0.3 is 0 Å². The summed E-state index contributed by atoms with van der Waals surface area (Å²) in [5.41, 5.74) is 1.09. The molecule has 6 heteroatoms. The predicted octanol–water partition coefficient (Wildman–Crippen LogP) is 3.49. The molecule has 2 N–H and O–H groups in total. The molecule has 24 heavy (non-hydrogen) atoms. The minimum Gasteiger partial charge on any atom is -0.493 e. The summed E-state index contributed by atoms with van der Waals surface area (Å²) in [6, 6.07) is 6.39. The Bertz CT molecular complexity index is 553. The average Bonchev–Trinajstić information content (AvgIpc) is 3.06. The van der Waals surface area contributed by atoms with Crippen LogP contribution in [0.2, 0.25) is 0 Å². The molecule has 0 heterocycles. The lowest BCUT2D eigenvalue weighted by Gasteiger charge is -2.17. The molecule has 134 valence electrons. The monoisotopic (exact) mass is 445 g/mol. The van der Waals surface area contributed by atoms with Crippen molar-refractivity contribution in [2.24, 2.45) is 4.99 Å². The Morgan fingerprint density at radius 1 is 1.21 bits per heavy atom. The van der Waals surface area contributed by atoms with Gasteiger partial charge in [0.1, 0.15) is 0 Å². The van der Waals surface area contributed by atoms with Crippen molar-refractivity contribution >= 4 is 29.9 Å². The molecule has 0 fully saturated rings. The summed E-state index contributed by atoms with van der Waals surface area (Å²) in [7, 11) is 1.65. The molecule has 0 aromatic heterocycles. The Balaban J connectivity index is 0.00000288. The van der Waals surface area contributed by atoms with Crippen LogP contribution in [0.5, 0.6) is 11.5 Å². The highest BCUT2D eigenvalue weighted by Crippen LogP contribution is 2.28. The zero-order chi connectivity index (χ0) is 16.5. The van der Waals surface area contributed by atoms with E-state index in [0.717, 1.165) is 42.4 Å². The highest BCUT2D eigenvalue weighted by molar-refractivity contribution is 14.0. The number of guanidine groups is 1. The van der Waals surface area contributed by atoms with Gasteiger partial charge in [0.2, 0.25) is 0 Å². The summed E-state index contributed by atoms with van der Waals surface area (Å²) in [4.78, 5) is 4.67. The fourth-order valence-corrected chi connectivity index (χ4v) is 2.51. The molecule has 0 aliphatic heterocycles. The number of ether oxygens (including phenoxy) is 2. The molecule has 1 aromatic rings. The maximum Gasteiger partial charge on any atom is 0.191 e. The maximum atomic E-state index is 5.62. The second-order valence-electron chi connectivity index (χ2n) is 5.40. The van der Waals surface area contributed by atoms with Gasteiger partial charge in [-0.05, 0) is 44.4 Å². The van der Waals surface area contributed by atoms with Crippen LogP contribution in [0.4, 0.5) is 0 Å². The summed E-state index contributed by atoms with van der Waals surface area (Å²) in [6.07, 6.45) is 6.53. The fourth-order valence-electron chi connectivity index (χ4n) is 2.51. The van der Waals surface area contributed by atoms with E-state index in [1.165, 1.54) is 0 Å². The van der Waals surface area contributed by atoms with E-state index >= 15 is 0 Å². The van der Waals surface area contributed by atoms with E-state index in [-0.39, 0.29) is 24.0 Å². The normalized spacial score (nSPS) is 14.2. The Kier molecular flexibility index (Phi) is 9.59. The Morgan fingerprint density at radius 3 is 2.58 bits per heavy atom. The van der Waals surface area contributed by atoms with Crippen molar-refractivity contribution < 1.29 is 9.47 Å². The van der Waals surface area contributed by atoms with Gasteiger partial charge in [0.15, 0.2) is 17.5 Å². The van der Waals surface area contributed by atoms with E-state index in [0.29, 0.717) is 19.2 Å². The summed E-state index contributed by atoms with van der Waals surface area (Å²) < 4.78 is 10.9. The van der Waals surface area contributed by atoms with E-state index in [2.05, 4.69) is 34.7 Å². The molecule has 2 rings (SSSR count). The Hall–Kier alpha value is -1.44. The highest BCUT2D eigenvalue weighted by atomic mass is 127. The Morgan fingerprint density at radius 2 is 1.96 bits per heavy atom. The van der Waals surface area contributed by atoms with Crippen LogP contribution in [0.1, 0.15) is 32.3 Å². The van der Waals surface area contributed by atoms with Crippen molar-refractivity contribution in [3.63, 3.8) is 0 Å². The lowest BCUT2D eigenvalue weighted by atomic mass is 10.2. The number of halogens is 1. The van der Waals surface area contributed by atoms with Crippen molar-refractivity contribution in [1.82, 2.24) is 10.6 Å². The van der Waals surface area contributed by atoms with Gasteiger partial charge in [-0.2, -0.15) is 0 Å². The first-order chi connectivity index (χ1) is 11.3. The number of rotatable bonds is 7. The number of hydrogen-bond donors (Lipinski definition) is 2. The van der Waals surface area contributed by atoms with E-state index in [1.54, 1.807) is 7.11 Å². The van der Waals surface area contributed by atoms with Crippen LogP contribution in [0, 0.1) is 0 Å². The van der Waals surface area contributed by atoms with Crippen LogP contribution in [0.25, 0.3) is 0 Å². The second-order valence-corrected chi connectivity index (χ2v) is 5.40. The van der Waals surface area contributed by atoms with E-state index in [4.69, 9.17) is 9.47 Å². The van der Waals surface area contributed by atoms with Crippen molar-refractivity contribution in [3.05, 3.63) is 35.9 Å². The number of nitrogens with zero attached hydrogens (tertiary/aromatic N) is 1. The maximum absolute atomic E-state index is 5.62. The molecule has 0 saturated carbocycles. The number of aliphatic imine (C=N–C) groups is 1. The summed E-state index contributed by atoms with van der Waals surface area (Å²) >= 11 is 0. The SMILES string of the molecule is CCNC(=NCc1ccc(OC)c(OCC)c1)NC1CC=CC1.I. The van der Waals surface area contributed by atoms with E-state index < -0.39 is 0 Å². The van der Waals surface area contributed by atoms with Gasteiger partial charge in [0.25, 0.3) is 0 Å². The fraction of sp³-hybridized carbons (Fsp3) is 0.500. The molecule has 1 aliphatic carbocycles. The largest absolute Gasteiger partial charge is 0.493 e. The Labute approximate surface area is 161 Å². The third-order valence-electron chi connectivity index (χ3n) is 3.64. The van der Waals surface area contributed by atoms with Crippen LogP contribution < -0.4 is 20.1 Å². The number of benzene rings is 1. The number of methoxy groups -OCH3 is 1. The molecule has 0 unspecified atom stereocenters. The van der Waals surface area contributed by atoms with Crippen LogP contribution in [-0.4, -0.2) is 32.3 Å². The minimum absolute atomic E-state index is 0. The lowest BCUT2D eigenvalue weighted by molar-refractivity contribution is 0.310. The molecular formula is C18H28IN3O2. The topological polar surface area (TPSA) is 54.9 Å². The molecular weight excluding hydrogens is 417 g/mol. The summed E-state index contributed by atoms with van der Waals surface area (Å²) in [5, 5.41) is 6.77. The molecule has 0 atom stereocenters. The first-order valence-corrected chi connectivity index (χ1v) is 8.26. The molecule has 0 saturated heterocycles. The van der Waals surface area contributed by atoms with Gasteiger partial charge in [0.05, 0.1) is 20.3 Å². The molecule has 0 radical (unpaired) electrons. The smallest absolute Gasteiger partial charge is 0.191 e. The van der Waals surface area contributed by atoms with Crippen LogP contribution in [0.15, 0.2) is 35.3 Å². The van der Waals surface area contributed by atoms with Crippen LogP contribution in [-0.2, 0) is 6.54 Å². The molecule has 0 bridgehead atoms. The predicted molar refractivity (Wildman–Crippen MR) is 110 cm³/mol. The van der Waals surface area contributed by atoms with Crippen molar-refractivity contribution in [2.75, 3.05) is 20.3 Å². The standard InChI is InChI=1S/C18H27N3O2.HI/c1-4-19-18(21-15-8-6-7-9-15)20-13-14-10-11-16(22-3)17(12-14)23-5-2;/h6-7,10-12,15H,4-5,8-9,13H2,1-3H3,(H2,19,20,21);1H. The van der Waals surface area contributed by atoms with Gasteiger partial charge in [-0.25, -0.2) is 4.99 Å². The summed E-state index contributed by atoms with van der Waals surface area (Å²) in [6.45, 7) is 6.10. The molecule has 1 aromatic carbocycles. The molecule has 5 nitrogen and oxygen atoms in total.